The molecule has 0 saturated carbocycles. The number of hydrazine groups is 1. The van der Waals surface area contributed by atoms with Gasteiger partial charge in [0.25, 0.3) is 5.91 Å². The zero-order chi connectivity index (χ0) is 18.2. The Kier molecular flexibility index (Phi) is 6.79. The molecule has 1 aromatic rings. The molecule has 0 spiro atoms. The minimum Gasteiger partial charge on any atom is -0.493 e. The number of amides is 1. The fourth-order valence-electron chi connectivity index (χ4n) is 2.28. The Morgan fingerprint density at radius 2 is 1.76 bits per heavy atom. The standard InChI is InChI=1S/C17H22N2O6/c1-12(20)25-17-14(22-2)10-13(11-15(17)23-3)4-5-16(21)18-19-6-8-24-9-7-19/h4-5,10-11H,6-9H2,1-3H3,(H,18,21). The van der Waals surface area contributed by atoms with Crippen LogP contribution in [0.2, 0.25) is 0 Å². The number of benzene rings is 1. The number of hydrogen-bond acceptors (Lipinski definition) is 7. The Morgan fingerprint density at radius 1 is 1.16 bits per heavy atom. The first-order chi connectivity index (χ1) is 12.0. The lowest BCUT2D eigenvalue weighted by Gasteiger charge is -2.26. The van der Waals surface area contributed by atoms with Gasteiger partial charge in [0, 0.05) is 26.1 Å². The van der Waals surface area contributed by atoms with Gasteiger partial charge in [-0.05, 0) is 23.8 Å². The van der Waals surface area contributed by atoms with E-state index in [1.165, 1.54) is 27.2 Å². The largest absolute Gasteiger partial charge is 0.493 e. The van der Waals surface area contributed by atoms with Crippen molar-refractivity contribution in [2.75, 3.05) is 40.5 Å². The van der Waals surface area contributed by atoms with Crippen molar-refractivity contribution in [1.29, 1.82) is 0 Å². The van der Waals surface area contributed by atoms with E-state index < -0.39 is 5.97 Å². The van der Waals surface area contributed by atoms with E-state index in [4.69, 9.17) is 18.9 Å². The molecule has 1 aliphatic rings. The molecule has 0 radical (unpaired) electrons. The van der Waals surface area contributed by atoms with Crippen LogP contribution in [0.4, 0.5) is 0 Å². The molecule has 8 nitrogen and oxygen atoms in total. The minimum atomic E-state index is -0.482. The van der Waals surface area contributed by atoms with Crippen LogP contribution < -0.4 is 19.6 Å². The molecule has 0 aromatic heterocycles. The van der Waals surface area contributed by atoms with Crippen molar-refractivity contribution < 1.29 is 28.5 Å². The predicted octanol–water partition coefficient (Wildman–Crippen LogP) is 1.01. The second-order valence-electron chi connectivity index (χ2n) is 5.26. The summed E-state index contributed by atoms with van der Waals surface area (Å²) in [6.45, 7) is 3.78. The number of rotatable bonds is 6. The lowest BCUT2D eigenvalue weighted by molar-refractivity contribution is -0.132. The second-order valence-corrected chi connectivity index (χ2v) is 5.26. The summed E-state index contributed by atoms with van der Waals surface area (Å²) in [6, 6.07) is 3.30. The molecule has 0 unspecified atom stereocenters. The first-order valence-corrected chi connectivity index (χ1v) is 7.79. The van der Waals surface area contributed by atoms with E-state index in [1.807, 2.05) is 0 Å². The highest BCUT2D eigenvalue weighted by molar-refractivity contribution is 5.91. The van der Waals surface area contributed by atoms with Crippen molar-refractivity contribution in [3.8, 4) is 17.2 Å². The van der Waals surface area contributed by atoms with E-state index in [1.54, 1.807) is 23.2 Å². The van der Waals surface area contributed by atoms with E-state index in [0.29, 0.717) is 43.4 Å². The monoisotopic (exact) mass is 350 g/mol. The van der Waals surface area contributed by atoms with Crippen LogP contribution in [0.3, 0.4) is 0 Å². The van der Waals surface area contributed by atoms with Crippen LogP contribution in [0, 0.1) is 0 Å². The summed E-state index contributed by atoms with van der Waals surface area (Å²) in [6.07, 6.45) is 3.04. The maximum absolute atomic E-state index is 12.0. The number of carbonyl (C=O) groups excluding carboxylic acids is 2. The number of methoxy groups -OCH3 is 2. The third kappa shape index (κ3) is 5.47. The van der Waals surface area contributed by atoms with Gasteiger partial charge in [-0.2, -0.15) is 0 Å². The number of hydrogen-bond donors (Lipinski definition) is 1. The van der Waals surface area contributed by atoms with Gasteiger partial charge >= 0.3 is 5.97 Å². The summed E-state index contributed by atoms with van der Waals surface area (Å²) in [5, 5.41) is 1.81. The van der Waals surface area contributed by atoms with Crippen molar-refractivity contribution in [2.45, 2.75) is 6.92 Å². The van der Waals surface area contributed by atoms with Gasteiger partial charge in [-0.25, -0.2) is 5.01 Å². The number of esters is 1. The Bertz CT molecular complexity index is 628. The number of carbonyl (C=O) groups is 2. The smallest absolute Gasteiger partial charge is 0.308 e. The fraction of sp³-hybridized carbons (Fsp3) is 0.412. The average molecular weight is 350 g/mol. The van der Waals surface area contributed by atoms with Gasteiger partial charge in [0.1, 0.15) is 0 Å². The molecular weight excluding hydrogens is 328 g/mol. The van der Waals surface area contributed by atoms with Crippen molar-refractivity contribution in [2.24, 2.45) is 0 Å². The lowest BCUT2D eigenvalue weighted by atomic mass is 10.1. The highest BCUT2D eigenvalue weighted by Gasteiger charge is 2.16. The van der Waals surface area contributed by atoms with Gasteiger partial charge in [0.05, 0.1) is 27.4 Å². The van der Waals surface area contributed by atoms with Crippen LogP contribution in [-0.4, -0.2) is 57.4 Å². The average Bonchev–Trinajstić information content (AvgIpc) is 2.61. The number of nitrogens with zero attached hydrogens (tertiary/aromatic N) is 1. The topological polar surface area (TPSA) is 86.3 Å². The molecule has 0 atom stereocenters. The summed E-state index contributed by atoms with van der Waals surface area (Å²) in [7, 11) is 2.92. The molecule has 1 amide bonds. The van der Waals surface area contributed by atoms with Gasteiger partial charge < -0.3 is 18.9 Å². The highest BCUT2D eigenvalue weighted by atomic mass is 16.6. The third-order valence-electron chi connectivity index (χ3n) is 3.44. The highest BCUT2D eigenvalue weighted by Crippen LogP contribution is 2.39. The molecule has 1 heterocycles. The molecule has 0 aliphatic carbocycles. The fourth-order valence-corrected chi connectivity index (χ4v) is 2.28. The summed E-state index contributed by atoms with van der Waals surface area (Å²) in [5.41, 5.74) is 3.45. The molecule has 0 bridgehead atoms. The molecular formula is C17H22N2O6. The first kappa shape index (κ1) is 18.8. The SMILES string of the molecule is COc1cc(C=CC(=O)NN2CCOCC2)cc(OC)c1OC(C)=O. The number of morpholine rings is 1. The Morgan fingerprint density at radius 3 is 2.28 bits per heavy atom. The quantitative estimate of drug-likeness (QED) is 0.465. The van der Waals surface area contributed by atoms with Crippen LogP contribution >= 0.6 is 0 Å². The molecule has 25 heavy (non-hydrogen) atoms. The van der Waals surface area contributed by atoms with Crippen LogP contribution in [0.15, 0.2) is 18.2 Å². The summed E-state index contributed by atoms with van der Waals surface area (Å²) < 4.78 is 20.8. The van der Waals surface area contributed by atoms with Gasteiger partial charge in [-0.1, -0.05) is 0 Å². The van der Waals surface area contributed by atoms with Crippen LogP contribution in [0.1, 0.15) is 12.5 Å². The first-order valence-electron chi connectivity index (χ1n) is 7.79. The lowest BCUT2D eigenvalue weighted by Crippen LogP contribution is -2.47. The van der Waals surface area contributed by atoms with Crippen LogP contribution in [-0.2, 0) is 14.3 Å². The molecule has 1 saturated heterocycles. The van der Waals surface area contributed by atoms with Crippen molar-refractivity contribution in [1.82, 2.24) is 10.4 Å². The Balaban J connectivity index is 2.12. The Labute approximate surface area is 146 Å². The zero-order valence-electron chi connectivity index (χ0n) is 14.5. The predicted molar refractivity (Wildman–Crippen MR) is 90.4 cm³/mol. The van der Waals surface area contributed by atoms with Gasteiger partial charge in [-0.15, -0.1) is 0 Å². The van der Waals surface area contributed by atoms with E-state index >= 15 is 0 Å². The normalized spacial score (nSPS) is 15.0. The molecule has 1 aromatic carbocycles. The van der Waals surface area contributed by atoms with Crippen molar-refractivity contribution in [3.63, 3.8) is 0 Å². The summed E-state index contributed by atoms with van der Waals surface area (Å²) >= 11 is 0. The molecule has 8 heteroatoms. The maximum Gasteiger partial charge on any atom is 0.308 e. The second kappa shape index (κ2) is 9.05. The van der Waals surface area contributed by atoms with E-state index in [-0.39, 0.29) is 11.7 Å². The molecule has 136 valence electrons. The zero-order valence-corrected chi connectivity index (χ0v) is 14.5. The molecule has 1 aliphatic heterocycles. The van der Waals surface area contributed by atoms with Gasteiger partial charge in [0.2, 0.25) is 5.75 Å². The van der Waals surface area contributed by atoms with E-state index in [0.717, 1.165) is 0 Å². The minimum absolute atomic E-state index is 0.201. The third-order valence-corrected chi connectivity index (χ3v) is 3.44. The molecule has 2 rings (SSSR count). The van der Waals surface area contributed by atoms with Gasteiger partial charge in [0.15, 0.2) is 11.5 Å². The Hall–Kier alpha value is -2.58. The summed E-state index contributed by atoms with van der Waals surface area (Å²) in [5.74, 6) is 0.145. The van der Waals surface area contributed by atoms with E-state index in [2.05, 4.69) is 5.43 Å². The molecule has 1 fully saturated rings. The van der Waals surface area contributed by atoms with Crippen molar-refractivity contribution in [3.05, 3.63) is 23.8 Å². The van der Waals surface area contributed by atoms with E-state index in [9.17, 15) is 9.59 Å². The van der Waals surface area contributed by atoms with Crippen LogP contribution in [0.5, 0.6) is 17.2 Å². The van der Waals surface area contributed by atoms with Gasteiger partial charge in [-0.3, -0.25) is 15.0 Å². The van der Waals surface area contributed by atoms with Crippen LogP contribution in [0.25, 0.3) is 6.08 Å². The number of ether oxygens (including phenoxy) is 4. The number of nitrogens with one attached hydrogen (secondary N) is 1. The maximum atomic E-state index is 12.0. The summed E-state index contributed by atoms with van der Waals surface area (Å²) in [4.78, 5) is 23.2. The molecule has 1 N–H and O–H groups in total. The van der Waals surface area contributed by atoms with Crippen molar-refractivity contribution >= 4 is 18.0 Å².